The van der Waals surface area contributed by atoms with Crippen LogP contribution in [-0.2, 0) is 14.4 Å². The lowest BCUT2D eigenvalue weighted by Gasteiger charge is -2.47. The number of anilines is 1. The minimum absolute atomic E-state index is 0.116. The van der Waals surface area contributed by atoms with Crippen molar-refractivity contribution in [1.29, 1.82) is 0 Å². The van der Waals surface area contributed by atoms with Gasteiger partial charge in [0.2, 0.25) is 5.91 Å². The van der Waals surface area contributed by atoms with E-state index in [1.807, 2.05) is 0 Å². The van der Waals surface area contributed by atoms with Crippen molar-refractivity contribution in [3.63, 3.8) is 0 Å². The molecule has 1 aromatic carbocycles. The zero-order chi connectivity index (χ0) is 19.3. The highest BCUT2D eigenvalue weighted by atomic mass is 32.2. The molecule has 2 fully saturated rings. The molecular formula is C18H16FN3O4S. The molecule has 2 amide bonds. The first kappa shape index (κ1) is 17.7. The summed E-state index contributed by atoms with van der Waals surface area (Å²) in [6.45, 7) is 0.382. The van der Waals surface area contributed by atoms with Crippen LogP contribution in [0.25, 0.3) is 0 Å². The van der Waals surface area contributed by atoms with E-state index in [1.54, 1.807) is 12.1 Å². The summed E-state index contributed by atoms with van der Waals surface area (Å²) >= 11 is 1.38. The Morgan fingerprint density at radius 3 is 2.85 bits per heavy atom. The van der Waals surface area contributed by atoms with Crippen LogP contribution < -0.4 is 10.6 Å². The first-order valence-corrected chi connectivity index (χ1v) is 9.38. The molecule has 27 heavy (non-hydrogen) atoms. The maximum Gasteiger partial charge on any atom is 0.352 e. The van der Waals surface area contributed by atoms with Gasteiger partial charge in [0.05, 0.1) is 0 Å². The summed E-state index contributed by atoms with van der Waals surface area (Å²) in [4.78, 5) is 39.1. The lowest BCUT2D eigenvalue weighted by Crippen LogP contribution is -2.68. The van der Waals surface area contributed by atoms with Crippen molar-refractivity contribution in [3.8, 4) is 0 Å². The van der Waals surface area contributed by atoms with Crippen LogP contribution in [0.2, 0.25) is 0 Å². The van der Waals surface area contributed by atoms with Crippen molar-refractivity contribution in [2.45, 2.75) is 17.8 Å². The molecule has 0 radical (unpaired) electrons. The number of carboxylic acids is 1. The third-order valence-corrected chi connectivity index (χ3v) is 6.16. The molecule has 0 spiro atoms. The van der Waals surface area contributed by atoms with E-state index < -0.39 is 23.7 Å². The van der Waals surface area contributed by atoms with Gasteiger partial charge >= 0.3 is 5.97 Å². The van der Waals surface area contributed by atoms with Crippen molar-refractivity contribution < 1.29 is 23.9 Å². The van der Waals surface area contributed by atoms with Crippen molar-refractivity contribution >= 4 is 35.2 Å². The number of nitrogens with zero attached hydrogens (tertiary/aromatic N) is 2. The topological polar surface area (TPSA) is 104 Å². The summed E-state index contributed by atoms with van der Waals surface area (Å²) in [5, 5.41) is 9.19. The number of β-lactam (4-membered cyclic amide) rings is 1. The van der Waals surface area contributed by atoms with Gasteiger partial charge in [0.1, 0.15) is 22.9 Å². The Hall–Kier alpha value is -2.65. The molecule has 1 aromatic rings. The van der Waals surface area contributed by atoms with Crippen LogP contribution >= 0.6 is 11.8 Å². The lowest BCUT2D eigenvalue weighted by atomic mass is 10.0. The average molecular weight is 389 g/mol. The number of allylic oxidation sites excluding steroid dienone is 1. The highest BCUT2D eigenvalue weighted by molar-refractivity contribution is 8.00. The largest absolute Gasteiger partial charge is 0.477 e. The summed E-state index contributed by atoms with van der Waals surface area (Å²) in [7, 11) is 0. The molecule has 3 aliphatic heterocycles. The molecular weight excluding hydrogens is 373 g/mol. The van der Waals surface area contributed by atoms with Gasteiger partial charge in [-0.1, -0.05) is 6.07 Å². The van der Waals surface area contributed by atoms with Crippen molar-refractivity contribution in [2.24, 2.45) is 5.73 Å². The number of nitrogens with two attached hydrogens (primary N) is 1. The van der Waals surface area contributed by atoms with Gasteiger partial charge in [-0.05, 0) is 36.3 Å². The third-order valence-electron chi connectivity index (χ3n) is 4.83. The molecule has 0 aliphatic carbocycles. The molecule has 3 aliphatic rings. The predicted octanol–water partition coefficient (Wildman–Crippen LogP) is 1.07. The van der Waals surface area contributed by atoms with Gasteiger partial charge in [-0.15, -0.1) is 11.8 Å². The van der Waals surface area contributed by atoms with Crippen LogP contribution in [-0.4, -0.2) is 51.5 Å². The molecule has 4 rings (SSSR count). The lowest BCUT2D eigenvalue weighted by molar-refractivity contribution is -0.147. The van der Waals surface area contributed by atoms with Crippen LogP contribution in [0, 0.1) is 5.82 Å². The molecule has 2 atom stereocenters. The molecule has 0 saturated carbocycles. The van der Waals surface area contributed by atoms with Crippen molar-refractivity contribution in [1.82, 2.24) is 4.90 Å². The molecule has 3 heterocycles. The number of amides is 2. The van der Waals surface area contributed by atoms with Crippen LogP contribution in [0.1, 0.15) is 6.42 Å². The van der Waals surface area contributed by atoms with E-state index >= 15 is 0 Å². The second-order valence-electron chi connectivity index (χ2n) is 6.47. The number of thioether (sulfide) groups is 1. The first-order chi connectivity index (χ1) is 12.9. The van der Waals surface area contributed by atoms with Gasteiger partial charge in [-0.3, -0.25) is 14.5 Å². The summed E-state index contributed by atoms with van der Waals surface area (Å²) in [5.74, 6) is -2.03. The molecule has 2 saturated heterocycles. The minimum Gasteiger partial charge on any atom is -0.477 e. The van der Waals surface area contributed by atoms with E-state index in [0.29, 0.717) is 35.6 Å². The number of aliphatic carboxylic acids is 1. The number of carboxylic acid groups (broad SMARTS) is 1. The van der Waals surface area contributed by atoms with Gasteiger partial charge in [0.25, 0.3) is 5.91 Å². The number of halogens is 1. The van der Waals surface area contributed by atoms with Gasteiger partial charge < -0.3 is 15.7 Å². The van der Waals surface area contributed by atoms with Crippen LogP contribution in [0.5, 0.6) is 0 Å². The van der Waals surface area contributed by atoms with Crippen LogP contribution in [0.3, 0.4) is 0 Å². The highest BCUT2D eigenvalue weighted by Gasteiger charge is 2.51. The fourth-order valence-corrected chi connectivity index (χ4v) is 4.75. The van der Waals surface area contributed by atoms with E-state index in [0.717, 1.165) is 0 Å². The van der Waals surface area contributed by atoms with E-state index in [4.69, 9.17) is 5.73 Å². The normalized spacial score (nSPS) is 26.5. The Morgan fingerprint density at radius 1 is 1.37 bits per heavy atom. The van der Waals surface area contributed by atoms with Gasteiger partial charge in [0.15, 0.2) is 0 Å². The van der Waals surface area contributed by atoms with Crippen molar-refractivity contribution in [2.75, 3.05) is 17.2 Å². The monoisotopic (exact) mass is 389 g/mol. The zero-order valence-corrected chi connectivity index (χ0v) is 14.9. The van der Waals surface area contributed by atoms with E-state index in [1.165, 1.54) is 39.8 Å². The molecule has 7 nitrogen and oxygen atoms in total. The summed E-state index contributed by atoms with van der Waals surface area (Å²) in [6.07, 6.45) is 1.96. The van der Waals surface area contributed by atoms with E-state index in [9.17, 15) is 23.9 Å². The molecule has 0 bridgehead atoms. The molecule has 9 heteroatoms. The molecule has 0 aromatic heterocycles. The van der Waals surface area contributed by atoms with Crippen LogP contribution in [0.15, 0.2) is 47.2 Å². The number of hydrogen-bond donors (Lipinski definition) is 2. The Balaban J connectivity index is 1.66. The number of hydrogen-bond acceptors (Lipinski definition) is 5. The standard InChI is InChI=1S/C18H16FN3O4S/c19-11-2-1-3-12(7-11)21-5-4-9(15(21)23)6-10-8-27-17-13(20)16(24)22(17)14(10)18(25)26/h1-3,6-7,13,17H,4-5,8,20H2,(H,25,26)/t13-,17-/m1/s1. The molecule has 0 unspecified atom stereocenters. The minimum atomic E-state index is -1.22. The van der Waals surface area contributed by atoms with Crippen molar-refractivity contribution in [3.05, 3.63) is 53.0 Å². The Labute approximate surface area is 158 Å². The maximum absolute atomic E-state index is 13.4. The van der Waals surface area contributed by atoms with Crippen LogP contribution in [0.4, 0.5) is 10.1 Å². The number of rotatable bonds is 3. The maximum atomic E-state index is 13.4. The SMILES string of the molecule is N[C@@H]1C(=O)N2C(C(=O)O)=C(C=C3CCN(c4cccc(F)c4)C3=O)CS[C@H]12. The molecule has 3 N–H and O–H groups in total. The fraction of sp³-hybridized carbons (Fsp3) is 0.278. The zero-order valence-electron chi connectivity index (χ0n) is 14.1. The number of carbonyl (C=O) groups is 3. The third kappa shape index (κ3) is 2.83. The average Bonchev–Trinajstić information content (AvgIpc) is 3.01. The number of carbonyl (C=O) groups excluding carboxylic acids is 2. The smallest absolute Gasteiger partial charge is 0.352 e. The van der Waals surface area contributed by atoms with E-state index in [-0.39, 0.29) is 17.0 Å². The fourth-order valence-electron chi connectivity index (χ4n) is 3.50. The van der Waals surface area contributed by atoms with Gasteiger partial charge in [-0.2, -0.15) is 0 Å². The second-order valence-corrected chi connectivity index (χ2v) is 7.58. The number of fused-ring (bicyclic) bond motifs is 1. The summed E-state index contributed by atoms with van der Waals surface area (Å²) in [5.41, 5.74) is 6.92. The molecule has 140 valence electrons. The van der Waals surface area contributed by atoms with E-state index in [2.05, 4.69) is 0 Å². The summed E-state index contributed by atoms with van der Waals surface area (Å²) in [6, 6.07) is 5.06. The van der Waals surface area contributed by atoms with Gasteiger partial charge in [-0.25, -0.2) is 9.18 Å². The highest BCUT2D eigenvalue weighted by Crippen LogP contribution is 2.40. The Bertz CT molecular complexity index is 929. The predicted molar refractivity (Wildman–Crippen MR) is 97.2 cm³/mol. The number of benzene rings is 1. The van der Waals surface area contributed by atoms with Gasteiger partial charge in [0, 0.05) is 23.6 Å². The quantitative estimate of drug-likeness (QED) is 0.592. The Morgan fingerprint density at radius 2 is 2.15 bits per heavy atom. The Kier molecular flexibility index (Phi) is 4.27. The summed E-state index contributed by atoms with van der Waals surface area (Å²) < 4.78 is 13.4. The second kappa shape index (κ2) is 6.50. The first-order valence-electron chi connectivity index (χ1n) is 8.33.